The third-order valence-electron chi connectivity index (χ3n) is 7.60. The van der Waals surface area contributed by atoms with Crippen LogP contribution in [0.4, 0.5) is 32.3 Å². The van der Waals surface area contributed by atoms with Gasteiger partial charge in [-0.15, -0.1) is 0 Å². The van der Waals surface area contributed by atoms with E-state index in [1.807, 2.05) is 0 Å². The molecule has 0 bridgehead atoms. The number of urea groups is 2. The van der Waals surface area contributed by atoms with Crippen LogP contribution in [-0.4, -0.2) is 57.2 Å². The van der Waals surface area contributed by atoms with Gasteiger partial charge in [-0.3, -0.25) is 0 Å². The molecule has 0 aliphatic heterocycles. The Morgan fingerprint density at radius 2 is 0.683 bits per heavy atom. The molecule has 18 nitrogen and oxygen atoms in total. The molecule has 4 amide bonds. The van der Waals surface area contributed by atoms with Crippen molar-refractivity contribution in [1.82, 2.24) is 0 Å². The van der Waals surface area contributed by atoms with E-state index in [9.17, 15) is 43.3 Å². The first-order chi connectivity index (χ1) is 28.3. The molecule has 0 atom stereocenters. The Balaban J connectivity index is 1.13. The Morgan fingerprint density at radius 3 is 0.950 bits per heavy atom. The Hall–Kier alpha value is -6.36. The van der Waals surface area contributed by atoms with Gasteiger partial charge in [-0.1, -0.05) is 19.9 Å². The van der Waals surface area contributed by atoms with Crippen LogP contribution in [0.5, 0.6) is 23.0 Å². The average Bonchev–Trinajstić information content (AvgIpc) is 3.17. The molecule has 0 aromatic heterocycles. The second kappa shape index (κ2) is 19.1. The highest BCUT2D eigenvalue weighted by atomic mass is 32.2. The summed E-state index contributed by atoms with van der Waals surface area (Å²) in [6.07, 6.45) is 0.784. The summed E-state index contributed by atoms with van der Waals surface area (Å²) in [5.74, 6) is -0.407. The highest BCUT2D eigenvalue weighted by molar-refractivity contribution is 7.88. The van der Waals surface area contributed by atoms with Crippen LogP contribution in [0.3, 0.4) is 0 Å². The van der Waals surface area contributed by atoms with Gasteiger partial charge in [0.25, 0.3) is 0 Å². The lowest BCUT2D eigenvalue weighted by atomic mass is 10.3. The maximum atomic E-state index is 13.1. The molecular weight excluding hydrogens is 865 g/mol. The Bertz CT molecular complexity index is 2560. The first kappa shape index (κ1) is 44.7. The molecule has 0 radical (unpaired) electrons. The van der Waals surface area contributed by atoms with E-state index >= 15 is 0 Å². The van der Waals surface area contributed by atoms with Gasteiger partial charge in [0.05, 0.1) is 11.5 Å². The fourth-order valence-corrected chi connectivity index (χ4v) is 8.98. The molecular formula is C38H38N4O14S4. The topological polar surface area (TPSA) is 256 Å². The Kier molecular flexibility index (Phi) is 14.3. The van der Waals surface area contributed by atoms with Crippen LogP contribution in [-0.2, 0) is 40.5 Å². The number of amides is 4. The average molecular weight is 903 g/mol. The quantitative estimate of drug-likeness (QED) is 0.0664. The maximum Gasteiger partial charge on any atom is 0.339 e. The number of nitrogens with one attached hydrogen (secondary N) is 4. The van der Waals surface area contributed by atoms with E-state index in [2.05, 4.69) is 21.3 Å². The van der Waals surface area contributed by atoms with Crippen molar-refractivity contribution in [1.29, 1.82) is 0 Å². The molecule has 60 heavy (non-hydrogen) atoms. The van der Waals surface area contributed by atoms with Crippen LogP contribution in [0, 0.1) is 0 Å². The molecule has 0 aliphatic rings. The molecule has 22 heteroatoms. The molecule has 0 aliphatic carbocycles. The largest absolute Gasteiger partial charge is 0.382 e. The second-order valence-electron chi connectivity index (χ2n) is 12.5. The molecule has 5 aromatic carbocycles. The number of rotatable bonds is 18. The fraction of sp³-hybridized carbons (Fsp3) is 0.158. The van der Waals surface area contributed by atoms with Crippen LogP contribution in [0.15, 0.2) is 131 Å². The smallest absolute Gasteiger partial charge is 0.339 e. The molecule has 0 unspecified atom stereocenters. The minimum atomic E-state index is -4.56. The molecule has 0 heterocycles. The molecule has 0 fully saturated rings. The lowest BCUT2D eigenvalue weighted by Gasteiger charge is -2.12. The van der Waals surface area contributed by atoms with E-state index in [1.165, 1.54) is 103 Å². The first-order valence-electron chi connectivity index (χ1n) is 17.7. The number of carbonyl (C=O) groups is 2. The third kappa shape index (κ3) is 13.3. The number of benzene rings is 5. The Labute approximate surface area is 347 Å². The SMILES string of the molecule is CCCS(=O)(=O)Oc1ccc(NC(=O)Nc2ccc(OS(=O)(=O)c3cccc(S(=O)(=O)Oc4ccc(NC(=O)Nc5ccc(OS(=O)(=O)CCC)cc5)cc4)c3)cc2)cc1. The third-order valence-corrected chi connectivity index (χ3v) is 12.8. The van der Waals surface area contributed by atoms with Crippen LogP contribution >= 0.6 is 0 Å². The standard InChI is InChI=1S/C38H38N4O14S4/c1-3-24-57(45,46)53-31-16-8-27(9-17-31)39-37(43)41-29-12-20-33(21-13-29)55-59(49,50)35-6-5-7-36(26-35)60(51,52)56-34-22-14-30(15-23-34)42-38(44)40-28-10-18-32(19-11-28)54-58(47,48)25-4-2/h5-23,26H,3-4,24-25H2,1-2H3,(H2,39,41,43)(H2,40,42,44). The summed E-state index contributed by atoms with van der Waals surface area (Å²) in [7, 11) is -16.6. The molecule has 0 saturated heterocycles. The fourth-order valence-electron chi connectivity index (χ4n) is 4.97. The Morgan fingerprint density at radius 1 is 0.417 bits per heavy atom. The number of carbonyl (C=O) groups excluding carboxylic acids is 2. The first-order valence-corrected chi connectivity index (χ1v) is 23.7. The molecule has 4 N–H and O–H groups in total. The highest BCUT2D eigenvalue weighted by Gasteiger charge is 2.23. The molecule has 318 valence electrons. The van der Waals surface area contributed by atoms with Gasteiger partial charge in [0, 0.05) is 22.7 Å². The summed E-state index contributed by atoms with van der Waals surface area (Å²) < 4.78 is 120. The van der Waals surface area contributed by atoms with Gasteiger partial charge < -0.3 is 38.0 Å². The van der Waals surface area contributed by atoms with Gasteiger partial charge in [-0.2, -0.15) is 33.7 Å². The monoisotopic (exact) mass is 902 g/mol. The van der Waals surface area contributed by atoms with E-state index in [4.69, 9.17) is 16.7 Å². The predicted octanol–water partition coefficient (Wildman–Crippen LogP) is 6.75. The number of hydrogen-bond donors (Lipinski definition) is 4. The molecule has 0 saturated carbocycles. The zero-order valence-corrected chi connectivity index (χ0v) is 35.0. The predicted molar refractivity (Wildman–Crippen MR) is 223 cm³/mol. The van der Waals surface area contributed by atoms with Gasteiger partial charge >= 0.3 is 52.5 Å². The molecule has 0 spiro atoms. The van der Waals surface area contributed by atoms with Crippen molar-refractivity contribution >= 4 is 75.3 Å². The van der Waals surface area contributed by atoms with Crippen LogP contribution in [0.2, 0.25) is 0 Å². The summed E-state index contributed by atoms with van der Waals surface area (Å²) in [5.41, 5.74) is 1.19. The second-order valence-corrected chi connectivity index (χ2v) is 19.0. The number of anilines is 4. The normalized spacial score (nSPS) is 11.8. The van der Waals surface area contributed by atoms with Crippen molar-refractivity contribution in [3.05, 3.63) is 121 Å². The van der Waals surface area contributed by atoms with Crippen molar-refractivity contribution in [3.8, 4) is 23.0 Å². The minimum Gasteiger partial charge on any atom is -0.382 e. The van der Waals surface area contributed by atoms with E-state index in [-0.39, 0.29) is 45.9 Å². The molecule has 5 aromatic rings. The highest BCUT2D eigenvalue weighted by Crippen LogP contribution is 2.26. The van der Waals surface area contributed by atoms with Crippen molar-refractivity contribution in [2.75, 3.05) is 32.8 Å². The summed E-state index contributed by atoms with van der Waals surface area (Å²) in [5, 5.41) is 10.2. The van der Waals surface area contributed by atoms with E-state index < -0.39 is 62.3 Å². The van der Waals surface area contributed by atoms with Gasteiger partial charge in [0.2, 0.25) is 0 Å². The van der Waals surface area contributed by atoms with Crippen LogP contribution in [0.25, 0.3) is 0 Å². The van der Waals surface area contributed by atoms with E-state index in [0.29, 0.717) is 24.2 Å². The van der Waals surface area contributed by atoms with Crippen molar-refractivity contribution < 1.29 is 60.0 Å². The van der Waals surface area contributed by atoms with Gasteiger partial charge in [-0.05, 0) is 128 Å². The van der Waals surface area contributed by atoms with Crippen molar-refractivity contribution in [2.45, 2.75) is 36.5 Å². The number of hydrogen-bond acceptors (Lipinski definition) is 14. The lowest BCUT2D eigenvalue weighted by Crippen LogP contribution is -2.19. The van der Waals surface area contributed by atoms with Crippen LogP contribution in [0.1, 0.15) is 26.7 Å². The van der Waals surface area contributed by atoms with Crippen LogP contribution < -0.4 is 38.0 Å². The summed E-state index contributed by atoms with van der Waals surface area (Å²) in [4.78, 5) is 24.0. The molecule has 5 rings (SSSR count). The van der Waals surface area contributed by atoms with Gasteiger partial charge in [-0.25, -0.2) is 9.59 Å². The van der Waals surface area contributed by atoms with Gasteiger partial charge in [0.1, 0.15) is 32.8 Å². The minimum absolute atomic E-state index is 0.0859. The van der Waals surface area contributed by atoms with Crippen molar-refractivity contribution in [2.24, 2.45) is 0 Å². The van der Waals surface area contributed by atoms with E-state index in [1.54, 1.807) is 13.8 Å². The summed E-state index contributed by atoms with van der Waals surface area (Å²) in [6, 6.07) is 24.8. The van der Waals surface area contributed by atoms with Crippen molar-refractivity contribution in [3.63, 3.8) is 0 Å². The lowest BCUT2D eigenvalue weighted by molar-refractivity contribution is 0.261. The van der Waals surface area contributed by atoms with Gasteiger partial charge in [0.15, 0.2) is 0 Å². The zero-order valence-electron chi connectivity index (χ0n) is 31.7. The zero-order chi connectivity index (χ0) is 43.6. The maximum absolute atomic E-state index is 13.1. The van der Waals surface area contributed by atoms with E-state index in [0.717, 1.165) is 18.2 Å². The summed E-state index contributed by atoms with van der Waals surface area (Å²) >= 11 is 0. The summed E-state index contributed by atoms with van der Waals surface area (Å²) in [6.45, 7) is 3.41.